The van der Waals surface area contributed by atoms with Crippen molar-refractivity contribution in [1.29, 1.82) is 0 Å². The van der Waals surface area contributed by atoms with Crippen molar-refractivity contribution in [2.24, 2.45) is 0 Å². The van der Waals surface area contributed by atoms with Crippen molar-refractivity contribution in [3.63, 3.8) is 0 Å². The molecule has 2 N–H and O–H groups in total. The van der Waals surface area contributed by atoms with Gasteiger partial charge in [0.2, 0.25) is 5.95 Å². The van der Waals surface area contributed by atoms with E-state index in [9.17, 15) is 0 Å². The van der Waals surface area contributed by atoms with Crippen LogP contribution in [-0.4, -0.2) is 19.7 Å². The van der Waals surface area contributed by atoms with Crippen molar-refractivity contribution in [3.05, 3.63) is 34.8 Å². The normalized spacial score (nSPS) is 10.4. The van der Waals surface area contributed by atoms with Crippen LogP contribution in [0.1, 0.15) is 5.56 Å². The molecule has 0 bridgehead atoms. The minimum Gasteiger partial charge on any atom is -0.366 e. The fourth-order valence-electron chi connectivity index (χ4n) is 1.10. The molecule has 0 amide bonds. The zero-order valence-electron chi connectivity index (χ0n) is 7.26. The molecule has 0 saturated heterocycles. The summed E-state index contributed by atoms with van der Waals surface area (Å²) in [6.45, 7) is 0.632. The van der Waals surface area contributed by atoms with Crippen LogP contribution in [0.3, 0.4) is 0 Å². The molecule has 0 aliphatic rings. The lowest BCUT2D eigenvalue weighted by atomic mass is 10.3. The topological polar surface area (TPSA) is 69.6 Å². The summed E-state index contributed by atoms with van der Waals surface area (Å²) in [7, 11) is 0. The molecule has 0 saturated carbocycles. The van der Waals surface area contributed by atoms with E-state index in [4.69, 9.17) is 5.73 Å². The second kappa shape index (κ2) is 3.75. The number of aromatic nitrogens is 4. The molecule has 0 aliphatic carbocycles. The first-order valence-corrected chi connectivity index (χ1v) is 4.80. The molecule has 72 valence electrons. The van der Waals surface area contributed by atoms with Gasteiger partial charge in [-0.1, -0.05) is 0 Å². The van der Waals surface area contributed by atoms with Crippen molar-refractivity contribution in [2.75, 3.05) is 5.73 Å². The molecule has 0 unspecified atom stereocenters. The fourth-order valence-corrected chi connectivity index (χ4v) is 1.49. The maximum absolute atomic E-state index is 5.45. The fraction of sp³-hybridized carbons (Fsp3) is 0.125. The summed E-state index contributed by atoms with van der Waals surface area (Å²) in [5.41, 5.74) is 6.55. The zero-order chi connectivity index (χ0) is 9.97. The van der Waals surface area contributed by atoms with E-state index in [1.165, 1.54) is 0 Å². The minimum atomic E-state index is 0.269. The predicted octanol–water partition coefficient (Wildman–Crippen LogP) is 1.07. The second-order valence-corrected chi connectivity index (χ2v) is 3.46. The number of rotatable bonds is 2. The lowest BCUT2D eigenvalue weighted by Gasteiger charge is -2.00. The van der Waals surface area contributed by atoms with Crippen LogP contribution in [0.5, 0.6) is 0 Å². The first-order chi connectivity index (χ1) is 6.75. The number of halogens is 1. The van der Waals surface area contributed by atoms with E-state index in [1.54, 1.807) is 17.1 Å². The molecule has 0 radical (unpaired) electrons. The molecular formula is C8H8BrN5. The summed E-state index contributed by atoms with van der Waals surface area (Å²) < 4.78 is 2.32. The van der Waals surface area contributed by atoms with E-state index in [-0.39, 0.29) is 5.95 Å². The highest BCUT2D eigenvalue weighted by molar-refractivity contribution is 9.10. The number of nitrogen functional groups attached to an aromatic ring is 1. The van der Waals surface area contributed by atoms with E-state index in [1.807, 2.05) is 12.1 Å². The molecule has 0 atom stereocenters. The Morgan fingerprint density at radius 1 is 1.36 bits per heavy atom. The lowest BCUT2D eigenvalue weighted by Crippen LogP contribution is -2.02. The van der Waals surface area contributed by atoms with Crippen molar-refractivity contribution < 1.29 is 0 Å². The molecule has 2 aromatic rings. The van der Waals surface area contributed by atoms with Gasteiger partial charge in [0.15, 0.2) is 4.73 Å². The number of nitrogens with zero attached hydrogens (tertiary/aromatic N) is 4. The summed E-state index contributed by atoms with van der Waals surface area (Å²) in [5, 5.41) is 4.02. The molecule has 2 rings (SSSR count). The summed E-state index contributed by atoms with van der Waals surface area (Å²) >= 11 is 3.27. The van der Waals surface area contributed by atoms with Gasteiger partial charge in [0.05, 0.1) is 6.54 Å². The van der Waals surface area contributed by atoms with Crippen molar-refractivity contribution in [1.82, 2.24) is 19.7 Å². The number of hydrogen-bond donors (Lipinski definition) is 1. The first-order valence-electron chi connectivity index (χ1n) is 4.00. The van der Waals surface area contributed by atoms with Crippen LogP contribution in [0.15, 0.2) is 29.3 Å². The Hall–Kier alpha value is -1.43. The minimum absolute atomic E-state index is 0.269. The third-order valence-electron chi connectivity index (χ3n) is 1.72. The van der Waals surface area contributed by atoms with Crippen LogP contribution in [0, 0.1) is 0 Å². The van der Waals surface area contributed by atoms with Crippen LogP contribution in [0.25, 0.3) is 0 Å². The van der Waals surface area contributed by atoms with Crippen molar-refractivity contribution >= 4 is 21.9 Å². The van der Waals surface area contributed by atoms with Crippen LogP contribution >= 0.6 is 15.9 Å². The Labute approximate surface area is 89.1 Å². The smallest absolute Gasteiger partial charge is 0.240 e. The number of pyridine rings is 1. The highest BCUT2D eigenvalue weighted by atomic mass is 79.9. The molecule has 14 heavy (non-hydrogen) atoms. The third-order valence-corrected chi connectivity index (χ3v) is 2.31. The Balaban J connectivity index is 2.23. The maximum Gasteiger partial charge on any atom is 0.240 e. The molecular weight excluding hydrogens is 246 g/mol. The Morgan fingerprint density at radius 3 is 2.64 bits per heavy atom. The second-order valence-electron chi connectivity index (χ2n) is 2.75. The van der Waals surface area contributed by atoms with E-state index in [2.05, 4.69) is 31.0 Å². The highest BCUT2D eigenvalue weighted by Crippen LogP contribution is 2.10. The van der Waals surface area contributed by atoms with Crippen LogP contribution in [0.2, 0.25) is 0 Å². The van der Waals surface area contributed by atoms with Gasteiger partial charge in [-0.15, -0.1) is 5.10 Å². The SMILES string of the molecule is Nc1nc(Br)n(Cc2ccncc2)n1. The van der Waals surface area contributed by atoms with E-state index < -0.39 is 0 Å². The summed E-state index contributed by atoms with van der Waals surface area (Å²) in [6, 6.07) is 3.84. The maximum atomic E-state index is 5.45. The lowest BCUT2D eigenvalue weighted by molar-refractivity contribution is 0.669. The number of anilines is 1. The monoisotopic (exact) mass is 253 g/mol. The van der Waals surface area contributed by atoms with Gasteiger partial charge in [-0.25, -0.2) is 4.68 Å². The van der Waals surface area contributed by atoms with Gasteiger partial charge in [-0.3, -0.25) is 4.98 Å². The average molecular weight is 254 g/mol. The molecule has 6 heteroatoms. The van der Waals surface area contributed by atoms with Gasteiger partial charge in [-0.2, -0.15) is 4.98 Å². The van der Waals surface area contributed by atoms with Gasteiger partial charge in [0, 0.05) is 12.4 Å². The van der Waals surface area contributed by atoms with Gasteiger partial charge < -0.3 is 5.73 Å². The van der Waals surface area contributed by atoms with E-state index in [0.717, 1.165) is 5.56 Å². The standard InChI is InChI=1S/C8H8BrN5/c9-7-12-8(10)13-14(7)5-6-1-3-11-4-2-6/h1-4H,5H2,(H2,10,13). The highest BCUT2D eigenvalue weighted by Gasteiger charge is 2.04. The predicted molar refractivity (Wildman–Crippen MR) is 55.5 cm³/mol. The Kier molecular flexibility index (Phi) is 2.45. The molecule has 0 spiro atoms. The average Bonchev–Trinajstić information content (AvgIpc) is 2.47. The quantitative estimate of drug-likeness (QED) is 0.870. The Morgan fingerprint density at radius 2 is 2.07 bits per heavy atom. The molecule has 2 aromatic heterocycles. The van der Waals surface area contributed by atoms with Gasteiger partial charge in [0.1, 0.15) is 0 Å². The molecule has 5 nitrogen and oxygen atoms in total. The van der Waals surface area contributed by atoms with Gasteiger partial charge >= 0.3 is 0 Å². The van der Waals surface area contributed by atoms with Crippen molar-refractivity contribution in [2.45, 2.75) is 6.54 Å². The van der Waals surface area contributed by atoms with Crippen molar-refractivity contribution in [3.8, 4) is 0 Å². The summed E-state index contributed by atoms with van der Waals surface area (Å²) in [6.07, 6.45) is 3.48. The van der Waals surface area contributed by atoms with Crippen LogP contribution in [-0.2, 0) is 6.54 Å². The number of nitrogens with two attached hydrogens (primary N) is 1. The summed E-state index contributed by atoms with van der Waals surface area (Å²) in [4.78, 5) is 7.87. The zero-order valence-corrected chi connectivity index (χ0v) is 8.85. The number of hydrogen-bond acceptors (Lipinski definition) is 4. The van der Waals surface area contributed by atoms with E-state index >= 15 is 0 Å². The Bertz CT molecular complexity index is 425. The first kappa shape index (κ1) is 9.14. The van der Waals surface area contributed by atoms with Crippen LogP contribution < -0.4 is 5.73 Å². The van der Waals surface area contributed by atoms with E-state index in [0.29, 0.717) is 11.3 Å². The van der Waals surface area contributed by atoms with Crippen LogP contribution in [0.4, 0.5) is 5.95 Å². The third kappa shape index (κ3) is 1.90. The largest absolute Gasteiger partial charge is 0.366 e. The molecule has 0 aromatic carbocycles. The van der Waals surface area contributed by atoms with Gasteiger partial charge in [-0.05, 0) is 33.6 Å². The van der Waals surface area contributed by atoms with Gasteiger partial charge in [0.25, 0.3) is 0 Å². The molecule has 0 aliphatic heterocycles. The molecule has 0 fully saturated rings. The molecule has 2 heterocycles. The summed E-state index contributed by atoms with van der Waals surface area (Å²) in [5.74, 6) is 0.269.